The van der Waals surface area contributed by atoms with Crippen LogP contribution in [0.25, 0.3) is 0 Å². The van der Waals surface area contributed by atoms with Crippen LogP contribution in [-0.2, 0) is 0 Å². The van der Waals surface area contributed by atoms with Gasteiger partial charge in [-0.25, -0.2) is 0 Å². The van der Waals surface area contributed by atoms with Crippen molar-refractivity contribution < 1.29 is 14.4 Å². The lowest BCUT2D eigenvalue weighted by atomic mass is 10.0. The fourth-order valence-electron chi connectivity index (χ4n) is 3.12. The zero-order valence-electron chi connectivity index (χ0n) is 12.9. The minimum Gasteiger partial charge on any atom is -0.484 e. The van der Waals surface area contributed by atoms with Crippen molar-refractivity contribution in [3.8, 4) is 11.5 Å². The van der Waals surface area contributed by atoms with Crippen LogP contribution in [-0.4, -0.2) is 56.3 Å². The highest BCUT2D eigenvalue weighted by molar-refractivity contribution is 5.71. The van der Waals surface area contributed by atoms with E-state index in [1.165, 1.54) is 6.07 Å². The molecule has 7 nitrogen and oxygen atoms in total. The molecule has 2 heterocycles. The summed E-state index contributed by atoms with van der Waals surface area (Å²) in [6, 6.07) is 3.88. The van der Waals surface area contributed by atoms with Gasteiger partial charge in [-0.15, -0.1) is 0 Å². The Bertz CT molecular complexity index is 568. The molecule has 2 aliphatic rings. The van der Waals surface area contributed by atoms with E-state index in [0.29, 0.717) is 25.0 Å². The van der Waals surface area contributed by atoms with Gasteiger partial charge in [-0.05, 0) is 33.0 Å². The van der Waals surface area contributed by atoms with Gasteiger partial charge in [0.15, 0.2) is 5.75 Å². The number of hydrogen-bond acceptors (Lipinski definition) is 6. The number of nitro groups is 1. The molecule has 0 saturated carbocycles. The number of nitrogens with zero attached hydrogens (tertiary/aromatic N) is 3. The second-order valence-corrected chi connectivity index (χ2v) is 5.90. The van der Waals surface area contributed by atoms with Gasteiger partial charge in [0, 0.05) is 25.2 Å². The molecule has 0 aromatic heterocycles. The average molecular weight is 307 g/mol. The van der Waals surface area contributed by atoms with Crippen molar-refractivity contribution in [3.05, 3.63) is 22.2 Å². The number of rotatable bonds is 3. The lowest BCUT2D eigenvalue weighted by molar-refractivity contribution is -0.386. The Morgan fingerprint density at radius 2 is 1.82 bits per heavy atom. The van der Waals surface area contributed by atoms with E-state index in [9.17, 15) is 10.1 Å². The monoisotopic (exact) mass is 307 g/mol. The average Bonchev–Trinajstić information content (AvgIpc) is 2.53. The van der Waals surface area contributed by atoms with E-state index >= 15 is 0 Å². The molecule has 0 amide bonds. The molecule has 22 heavy (non-hydrogen) atoms. The summed E-state index contributed by atoms with van der Waals surface area (Å²) < 4.78 is 11.2. The number of nitro benzene ring substituents is 1. The predicted molar refractivity (Wildman–Crippen MR) is 83.0 cm³/mol. The highest BCUT2D eigenvalue weighted by Crippen LogP contribution is 2.46. The molecule has 1 aromatic rings. The van der Waals surface area contributed by atoms with Crippen molar-refractivity contribution in [2.24, 2.45) is 0 Å². The number of piperidine rings is 1. The minimum absolute atomic E-state index is 0.0263. The molecule has 0 aliphatic carbocycles. The van der Waals surface area contributed by atoms with Gasteiger partial charge in [0.2, 0.25) is 5.75 Å². The van der Waals surface area contributed by atoms with Gasteiger partial charge in [0.1, 0.15) is 13.2 Å². The number of benzene rings is 1. The van der Waals surface area contributed by atoms with Crippen LogP contribution in [0.1, 0.15) is 12.8 Å². The van der Waals surface area contributed by atoms with Gasteiger partial charge in [-0.2, -0.15) is 0 Å². The lowest BCUT2D eigenvalue weighted by Gasteiger charge is -2.37. The van der Waals surface area contributed by atoms with Crippen LogP contribution in [0.15, 0.2) is 12.1 Å². The maximum atomic E-state index is 11.1. The highest BCUT2D eigenvalue weighted by Gasteiger charge is 2.30. The molecule has 120 valence electrons. The molecule has 3 rings (SSSR count). The topological polar surface area (TPSA) is 68.1 Å². The summed E-state index contributed by atoms with van der Waals surface area (Å²) in [7, 11) is 4.20. The Balaban J connectivity index is 1.87. The summed E-state index contributed by atoms with van der Waals surface area (Å²) in [4.78, 5) is 15.2. The van der Waals surface area contributed by atoms with Gasteiger partial charge in [-0.1, -0.05) is 0 Å². The van der Waals surface area contributed by atoms with Crippen LogP contribution < -0.4 is 14.4 Å². The fourth-order valence-corrected chi connectivity index (χ4v) is 3.12. The molecular formula is C15H21N3O4. The van der Waals surface area contributed by atoms with Crippen molar-refractivity contribution in [2.75, 3.05) is 45.3 Å². The van der Waals surface area contributed by atoms with Gasteiger partial charge >= 0.3 is 5.69 Å². The number of ether oxygens (including phenoxy) is 2. The van der Waals surface area contributed by atoms with Crippen LogP contribution in [0, 0.1) is 10.1 Å². The maximum absolute atomic E-state index is 11.1. The fraction of sp³-hybridized carbons (Fsp3) is 0.600. The highest BCUT2D eigenvalue weighted by atomic mass is 16.6. The van der Waals surface area contributed by atoms with Crippen LogP contribution >= 0.6 is 0 Å². The van der Waals surface area contributed by atoms with E-state index in [-0.39, 0.29) is 11.4 Å². The first-order valence-electron chi connectivity index (χ1n) is 7.56. The SMILES string of the molecule is CN(C)C1CCN(c2ccc([N+](=O)[O-])c3c2OCCO3)CC1. The smallest absolute Gasteiger partial charge is 0.315 e. The summed E-state index contributed by atoms with van der Waals surface area (Å²) in [5.41, 5.74) is 0.874. The molecule has 0 atom stereocenters. The lowest BCUT2D eigenvalue weighted by Crippen LogP contribution is -2.42. The minimum atomic E-state index is -0.421. The molecular weight excluding hydrogens is 286 g/mol. The summed E-state index contributed by atoms with van der Waals surface area (Å²) in [5.74, 6) is 0.784. The summed E-state index contributed by atoms with van der Waals surface area (Å²) in [5, 5.41) is 11.1. The molecule has 0 unspecified atom stereocenters. The third kappa shape index (κ3) is 2.68. The third-order valence-electron chi connectivity index (χ3n) is 4.38. The van der Waals surface area contributed by atoms with Crippen LogP contribution in [0.4, 0.5) is 11.4 Å². The van der Waals surface area contributed by atoms with E-state index in [4.69, 9.17) is 9.47 Å². The molecule has 7 heteroatoms. The Labute approximate surface area is 129 Å². The maximum Gasteiger partial charge on any atom is 0.315 e. The molecule has 0 N–H and O–H groups in total. The van der Waals surface area contributed by atoms with Crippen molar-refractivity contribution in [1.29, 1.82) is 0 Å². The Morgan fingerprint density at radius 3 is 2.41 bits per heavy atom. The first-order chi connectivity index (χ1) is 10.6. The van der Waals surface area contributed by atoms with E-state index in [2.05, 4.69) is 23.9 Å². The number of hydrogen-bond donors (Lipinski definition) is 0. The normalized spacial score (nSPS) is 18.6. The Morgan fingerprint density at radius 1 is 1.18 bits per heavy atom. The van der Waals surface area contributed by atoms with Gasteiger partial charge < -0.3 is 19.3 Å². The van der Waals surface area contributed by atoms with Gasteiger partial charge in [-0.3, -0.25) is 10.1 Å². The standard InChI is InChI=1S/C15H21N3O4/c1-16(2)11-5-7-17(8-6-11)12-3-4-13(18(19)20)15-14(12)21-9-10-22-15/h3-4,11H,5-10H2,1-2H3. The van der Waals surface area contributed by atoms with Crippen molar-refractivity contribution in [1.82, 2.24) is 4.90 Å². The largest absolute Gasteiger partial charge is 0.484 e. The molecule has 1 fully saturated rings. The van der Waals surface area contributed by atoms with E-state index in [1.54, 1.807) is 6.07 Å². The Hall–Kier alpha value is -2.02. The quantitative estimate of drug-likeness (QED) is 0.627. The second-order valence-electron chi connectivity index (χ2n) is 5.90. The van der Waals surface area contributed by atoms with Gasteiger partial charge in [0.25, 0.3) is 0 Å². The molecule has 2 aliphatic heterocycles. The first kappa shape index (κ1) is 14.9. The summed E-state index contributed by atoms with van der Waals surface area (Å²) in [6.07, 6.45) is 2.14. The van der Waals surface area contributed by atoms with Crippen molar-refractivity contribution in [3.63, 3.8) is 0 Å². The summed E-state index contributed by atoms with van der Waals surface area (Å²) in [6.45, 7) is 2.60. The van der Waals surface area contributed by atoms with Crippen LogP contribution in [0.3, 0.4) is 0 Å². The van der Waals surface area contributed by atoms with E-state index < -0.39 is 4.92 Å². The molecule has 1 saturated heterocycles. The van der Waals surface area contributed by atoms with Crippen molar-refractivity contribution >= 4 is 11.4 Å². The van der Waals surface area contributed by atoms with Crippen LogP contribution in [0.2, 0.25) is 0 Å². The summed E-state index contributed by atoms with van der Waals surface area (Å²) >= 11 is 0. The second kappa shape index (κ2) is 6.00. The van der Waals surface area contributed by atoms with E-state index in [0.717, 1.165) is 31.6 Å². The van der Waals surface area contributed by atoms with Crippen LogP contribution in [0.5, 0.6) is 11.5 Å². The third-order valence-corrected chi connectivity index (χ3v) is 4.38. The van der Waals surface area contributed by atoms with Crippen molar-refractivity contribution in [2.45, 2.75) is 18.9 Å². The van der Waals surface area contributed by atoms with E-state index in [1.807, 2.05) is 0 Å². The first-order valence-corrected chi connectivity index (χ1v) is 7.56. The molecule has 0 radical (unpaired) electrons. The number of fused-ring (bicyclic) bond motifs is 1. The van der Waals surface area contributed by atoms with Gasteiger partial charge in [0.05, 0.1) is 10.6 Å². The predicted octanol–water partition coefficient (Wildman–Crippen LogP) is 1.90. The number of anilines is 1. The zero-order valence-corrected chi connectivity index (χ0v) is 12.9. The zero-order chi connectivity index (χ0) is 15.7. The molecule has 0 spiro atoms. The Kier molecular flexibility index (Phi) is 4.06. The molecule has 1 aromatic carbocycles. The molecule has 0 bridgehead atoms.